The lowest BCUT2D eigenvalue weighted by atomic mass is 9.93. The number of rotatable bonds is 15. The van der Waals surface area contributed by atoms with Crippen LogP contribution in [0.3, 0.4) is 0 Å². The van der Waals surface area contributed by atoms with Crippen molar-refractivity contribution in [1.29, 1.82) is 0 Å². The van der Waals surface area contributed by atoms with Crippen molar-refractivity contribution in [3.8, 4) is 5.75 Å². The van der Waals surface area contributed by atoms with Crippen molar-refractivity contribution in [2.24, 2.45) is 0 Å². The van der Waals surface area contributed by atoms with Crippen LogP contribution in [-0.4, -0.2) is 38.5 Å². The van der Waals surface area contributed by atoms with Crippen molar-refractivity contribution in [3.63, 3.8) is 0 Å². The molecule has 1 unspecified atom stereocenters. The normalized spacial score (nSPS) is 13.3. The van der Waals surface area contributed by atoms with Crippen LogP contribution >= 0.6 is 0 Å². The summed E-state index contributed by atoms with van der Waals surface area (Å²) in [5.74, 6) is 0.435. The molecule has 0 saturated carbocycles. The third kappa shape index (κ3) is 8.31. The number of aryl methyl sites for hydroxylation is 2. The Kier molecular flexibility index (Phi) is 11.6. The van der Waals surface area contributed by atoms with Gasteiger partial charge in [-0.2, -0.15) is 0 Å². The summed E-state index contributed by atoms with van der Waals surface area (Å²) in [6.45, 7) is 9.78. The van der Waals surface area contributed by atoms with E-state index in [0.29, 0.717) is 32.8 Å². The fraction of sp³-hybridized carbons (Fsp3) is 0.417. The van der Waals surface area contributed by atoms with E-state index in [1.807, 2.05) is 31.2 Å². The number of benzene rings is 3. The maximum atomic E-state index is 12.2. The van der Waals surface area contributed by atoms with Gasteiger partial charge >= 0.3 is 5.97 Å². The van der Waals surface area contributed by atoms with Gasteiger partial charge in [0.05, 0.1) is 13.2 Å². The molecule has 0 N–H and O–H groups in total. The quantitative estimate of drug-likeness (QED) is 0.141. The van der Waals surface area contributed by atoms with Gasteiger partial charge in [0.2, 0.25) is 0 Å². The number of carbonyl (C=O) groups excluding carboxylic acids is 1. The molecule has 4 rings (SSSR count). The number of carbonyl (C=O) groups is 1. The van der Waals surface area contributed by atoms with E-state index in [1.54, 1.807) is 6.92 Å². The fourth-order valence-electron chi connectivity index (χ4n) is 5.34. The molecule has 41 heavy (non-hydrogen) atoms. The highest BCUT2D eigenvalue weighted by molar-refractivity contribution is 5.77. The monoisotopic (exact) mass is 556 g/mol. The highest BCUT2D eigenvalue weighted by Crippen LogP contribution is 2.36. The first kappa shape index (κ1) is 30.5. The lowest BCUT2D eigenvalue weighted by Gasteiger charge is -2.22. The van der Waals surface area contributed by atoms with E-state index in [9.17, 15) is 4.79 Å². The summed E-state index contributed by atoms with van der Waals surface area (Å²) in [6, 6.07) is 21.3. The Morgan fingerprint density at radius 1 is 0.732 bits per heavy atom. The minimum Gasteiger partial charge on any atom is -0.491 e. The Morgan fingerprint density at radius 2 is 1.32 bits per heavy atom. The first-order chi connectivity index (χ1) is 20.1. The molecule has 0 fully saturated rings. The molecule has 0 saturated heterocycles. The number of esters is 1. The fourth-order valence-corrected chi connectivity index (χ4v) is 5.34. The van der Waals surface area contributed by atoms with Crippen LogP contribution in [0.15, 0.2) is 60.7 Å². The smallest absolute Gasteiger partial charge is 0.335 e. The van der Waals surface area contributed by atoms with Crippen LogP contribution < -0.4 is 4.74 Å². The average Bonchev–Trinajstić information content (AvgIpc) is 3.12. The molecule has 1 aliphatic rings. The van der Waals surface area contributed by atoms with Crippen molar-refractivity contribution < 1.29 is 23.7 Å². The molecule has 218 valence electrons. The number of hydrogen-bond donors (Lipinski definition) is 0. The first-order valence-corrected chi connectivity index (χ1v) is 15.1. The summed E-state index contributed by atoms with van der Waals surface area (Å²) in [6.07, 6.45) is 8.57. The van der Waals surface area contributed by atoms with E-state index < -0.39 is 6.10 Å². The Morgan fingerprint density at radius 3 is 1.85 bits per heavy atom. The number of hydrogen-bond acceptors (Lipinski definition) is 5. The van der Waals surface area contributed by atoms with Crippen LogP contribution in [0.2, 0.25) is 0 Å². The molecular formula is C36H44O5. The van der Waals surface area contributed by atoms with Gasteiger partial charge in [-0.25, -0.2) is 4.79 Å². The molecule has 0 aromatic heterocycles. The van der Waals surface area contributed by atoms with E-state index >= 15 is 0 Å². The number of fused-ring (bicyclic) bond motifs is 2. The average molecular weight is 557 g/mol. The zero-order valence-electron chi connectivity index (χ0n) is 25.0. The summed E-state index contributed by atoms with van der Waals surface area (Å²) >= 11 is 0. The van der Waals surface area contributed by atoms with E-state index in [-0.39, 0.29) is 12.1 Å². The van der Waals surface area contributed by atoms with Gasteiger partial charge in [0, 0.05) is 13.0 Å². The van der Waals surface area contributed by atoms with Gasteiger partial charge in [0.25, 0.3) is 0 Å². The summed E-state index contributed by atoms with van der Waals surface area (Å²) in [4.78, 5) is 12.2. The Bertz CT molecular complexity index is 1230. The molecular weight excluding hydrogens is 512 g/mol. The Balaban J connectivity index is 1.42. The van der Waals surface area contributed by atoms with Crippen molar-refractivity contribution in [1.82, 2.24) is 0 Å². The number of ether oxygens (including phenoxy) is 4. The van der Waals surface area contributed by atoms with Gasteiger partial charge in [-0.3, -0.25) is 0 Å². The predicted octanol–water partition coefficient (Wildman–Crippen LogP) is 7.77. The molecule has 0 heterocycles. The van der Waals surface area contributed by atoms with Crippen molar-refractivity contribution in [2.45, 2.75) is 72.0 Å². The maximum absolute atomic E-state index is 12.2. The molecule has 0 bridgehead atoms. The van der Waals surface area contributed by atoms with E-state index in [2.05, 4.69) is 62.4 Å². The van der Waals surface area contributed by atoms with Gasteiger partial charge in [-0.15, -0.1) is 0 Å². The zero-order valence-corrected chi connectivity index (χ0v) is 25.0. The van der Waals surface area contributed by atoms with Gasteiger partial charge in [-0.05, 0) is 77.8 Å². The highest BCUT2D eigenvalue weighted by atomic mass is 16.6. The van der Waals surface area contributed by atoms with Crippen LogP contribution in [0, 0.1) is 0 Å². The topological polar surface area (TPSA) is 54.0 Å². The van der Waals surface area contributed by atoms with E-state index in [4.69, 9.17) is 18.9 Å². The van der Waals surface area contributed by atoms with Crippen LogP contribution in [0.25, 0.3) is 12.2 Å². The molecule has 0 radical (unpaired) electrons. The van der Waals surface area contributed by atoms with Crippen LogP contribution in [-0.2, 0) is 38.3 Å². The largest absolute Gasteiger partial charge is 0.491 e. The molecule has 5 nitrogen and oxygen atoms in total. The summed E-state index contributed by atoms with van der Waals surface area (Å²) in [5.41, 5.74) is 8.53. The molecule has 0 aliphatic heterocycles. The highest BCUT2D eigenvalue weighted by Gasteiger charge is 2.23. The standard InChI is InChI=1S/C36H44O5/c1-5-9-26-13-19-32-29(23-26)15-16-30-24-27(10-6-2)14-20-33(30)35(32)41-22-21-40-31-17-11-28(12-18-31)25-34(38-7-3)36(37)39-8-4/h11-20,23-24,34-35H,5-10,21-22,25H2,1-4H3. The second-order valence-electron chi connectivity index (χ2n) is 10.4. The summed E-state index contributed by atoms with van der Waals surface area (Å²) in [5, 5.41) is 0. The molecule has 3 aromatic rings. The molecule has 3 aromatic carbocycles. The zero-order chi connectivity index (χ0) is 29.0. The molecule has 0 spiro atoms. The first-order valence-electron chi connectivity index (χ1n) is 15.1. The third-order valence-electron chi connectivity index (χ3n) is 7.29. The maximum Gasteiger partial charge on any atom is 0.335 e. The second kappa shape index (κ2) is 15.6. The van der Waals surface area contributed by atoms with Gasteiger partial charge in [0.1, 0.15) is 18.5 Å². The molecule has 5 heteroatoms. The van der Waals surface area contributed by atoms with E-state index in [1.165, 1.54) is 33.4 Å². The predicted molar refractivity (Wildman–Crippen MR) is 165 cm³/mol. The lowest BCUT2D eigenvalue weighted by Crippen LogP contribution is -2.28. The Labute approximate surface area is 245 Å². The van der Waals surface area contributed by atoms with Gasteiger partial charge in [-0.1, -0.05) is 87.4 Å². The van der Waals surface area contributed by atoms with Gasteiger partial charge < -0.3 is 18.9 Å². The molecule has 0 amide bonds. The minimum absolute atomic E-state index is 0.161. The molecule has 1 atom stereocenters. The minimum atomic E-state index is -0.601. The van der Waals surface area contributed by atoms with Crippen LogP contribution in [0.4, 0.5) is 0 Å². The summed E-state index contributed by atoms with van der Waals surface area (Å²) in [7, 11) is 0. The second-order valence-corrected chi connectivity index (χ2v) is 10.4. The van der Waals surface area contributed by atoms with Crippen molar-refractivity contribution in [3.05, 3.63) is 99.6 Å². The van der Waals surface area contributed by atoms with Crippen molar-refractivity contribution in [2.75, 3.05) is 26.4 Å². The lowest BCUT2D eigenvalue weighted by molar-refractivity contribution is -0.156. The summed E-state index contributed by atoms with van der Waals surface area (Å²) < 4.78 is 23.3. The van der Waals surface area contributed by atoms with E-state index in [0.717, 1.165) is 37.0 Å². The van der Waals surface area contributed by atoms with Crippen molar-refractivity contribution >= 4 is 18.1 Å². The molecule has 1 aliphatic carbocycles. The van der Waals surface area contributed by atoms with Gasteiger partial charge in [0.15, 0.2) is 6.10 Å². The van der Waals surface area contributed by atoms with Crippen LogP contribution in [0.5, 0.6) is 5.75 Å². The Hall–Kier alpha value is -3.41. The SMILES string of the molecule is CCCc1ccc2c(c1)C=Cc1cc(CCC)ccc1C2OCCOc1ccc(CC(OCC)C(=O)OCC)cc1. The van der Waals surface area contributed by atoms with Crippen LogP contribution in [0.1, 0.15) is 85.6 Å². The third-order valence-corrected chi connectivity index (χ3v) is 7.29.